The Morgan fingerprint density at radius 3 is 2.63 bits per heavy atom. The van der Waals surface area contributed by atoms with Gasteiger partial charge >= 0.3 is 0 Å². The molecule has 3 heterocycles. The lowest BCUT2D eigenvalue weighted by atomic mass is 9.97. The van der Waals surface area contributed by atoms with Crippen LogP contribution in [0.2, 0.25) is 0 Å². The number of nitrogens with zero attached hydrogens (tertiary/aromatic N) is 4. The minimum Gasteiger partial charge on any atom is -0.379 e. The van der Waals surface area contributed by atoms with Crippen LogP contribution in [-0.2, 0) is 10.2 Å². The number of hydrogen-bond donors (Lipinski definition) is 0. The molecule has 1 saturated heterocycles. The molecule has 2 fully saturated rings. The van der Waals surface area contributed by atoms with Crippen LogP contribution >= 0.6 is 0 Å². The van der Waals surface area contributed by atoms with Gasteiger partial charge in [0, 0.05) is 30.3 Å². The zero-order valence-electron chi connectivity index (χ0n) is 16.2. The van der Waals surface area contributed by atoms with E-state index in [9.17, 15) is 4.79 Å². The molecule has 144 valence electrons. The molecule has 1 aliphatic heterocycles. The van der Waals surface area contributed by atoms with E-state index in [-0.39, 0.29) is 11.2 Å². The van der Waals surface area contributed by atoms with Crippen molar-refractivity contribution < 1.29 is 14.1 Å². The average Bonchev–Trinajstić information content (AvgIpc) is 3.36. The number of ether oxygens (including phenoxy) is 1. The molecular formula is C20H26N4O3. The van der Waals surface area contributed by atoms with Gasteiger partial charge in [0.25, 0.3) is 0 Å². The van der Waals surface area contributed by atoms with Crippen molar-refractivity contribution in [3.8, 4) is 11.5 Å². The number of aromatic nitrogens is 3. The van der Waals surface area contributed by atoms with E-state index >= 15 is 0 Å². The molecule has 2 aliphatic rings. The highest BCUT2D eigenvalue weighted by Crippen LogP contribution is 2.42. The maximum atomic E-state index is 13.0. The first-order valence-electron chi connectivity index (χ1n) is 9.59. The number of rotatable bonds is 5. The molecular weight excluding hydrogens is 344 g/mol. The molecule has 0 aromatic carbocycles. The average molecular weight is 370 g/mol. The van der Waals surface area contributed by atoms with Crippen molar-refractivity contribution in [1.29, 1.82) is 0 Å². The molecule has 7 heteroatoms. The van der Waals surface area contributed by atoms with E-state index in [0.29, 0.717) is 43.1 Å². The Hall–Kier alpha value is -2.12. The highest BCUT2D eigenvalue weighted by Gasteiger charge is 2.30. The lowest BCUT2D eigenvalue weighted by Gasteiger charge is -2.26. The smallest absolute Gasteiger partial charge is 0.232 e. The normalized spacial score (nSPS) is 18.6. The minimum atomic E-state index is -0.228. The van der Waals surface area contributed by atoms with Crippen molar-refractivity contribution in [2.24, 2.45) is 0 Å². The zero-order valence-corrected chi connectivity index (χ0v) is 16.2. The number of pyridine rings is 1. The fraction of sp³-hybridized carbons (Fsp3) is 0.600. The van der Waals surface area contributed by atoms with Crippen LogP contribution in [0.3, 0.4) is 0 Å². The monoisotopic (exact) mass is 370 g/mol. The Bertz CT molecular complexity index is 830. The van der Waals surface area contributed by atoms with Gasteiger partial charge in [-0.2, -0.15) is 4.98 Å². The standard InChI is InChI=1S/C20H26N4O3/c1-20(2,3)19-22-18(23-27-19)16-10-14(15(11-21-16)13-4-5-13)17(25)12-24-6-8-26-9-7-24/h10-11,13H,4-9,12H2,1-3H3. The van der Waals surface area contributed by atoms with Gasteiger partial charge in [-0.3, -0.25) is 14.7 Å². The van der Waals surface area contributed by atoms with Crippen molar-refractivity contribution >= 4 is 5.78 Å². The van der Waals surface area contributed by atoms with Gasteiger partial charge in [-0.05, 0) is 30.4 Å². The lowest BCUT2D eigenvalue weighted by Crippen LogP contribution is -2.39. The number of ketones is 1. The molecule has 0 spiro atoms. The summed E-state index contributed by atoms with van der Waals surface area (Å²) in [4.78, 5) is 24.2. The first kappa shape index (κ1) is 18.3. The number of hydrogen-bond acceptors (Lipinski definition) is 7. The topological polar surface area (TPSA) is 81.4 Å². The van der Waals surface area contributed by atoms with Gasteiger partial charge in [-0.1, -0.05) is 25.9 Å². The van der Waals surface area contributed by atoms with E-state index in [4.69, 9.17) is 9.26 Å². The zero-order chi connectivity index (χ0) is 19.0. The fourth-order valence-corrected chi connectivity index (χ4v) is 3.23. The summed E-state index contributed by atoms with van der Waals surface area (Å²) in [5, 5.41) is 4.07. The molecule has 1 saturated carbocycles. The van der Waals surface area contributed by atoms with Gasteiger partial charge in [0.05, 0.1) is 19.8 Å². The van der Waals surface area contributed by atoms with Crippen molar-refractivity contribution in [2.45, 2.75) is 44.9 Å². The quantitative estimate of drug-likeness (QED) is 0.749. The summed E-state index contributed by atoms with van der Waals surface area (Å²) in [6, 6.07) is 1.84. The summed E-state index contributed by atoms with van der Waals surface area (Å²) in [6.45, 7) is 9.42. The highest BCUT2D eigenvalue weighted by molar-refractivity contribution is 6.00. The summed E-state index contributed by atoms with van der Waals surface area (Å²) in [6.07, 6.45) is 4.07. The first-order valence-corrected chi connectivity index (χ1v) is 9.59. The Morgan fingerprint density at radius 2 is 2.00 bits per heavy atom. The van der Waals surface area contributed by atoms with Crippen LogP contribution in [0.25, 0.3) is 11.5 Å². The maximum absolute atomic E-state index is 13.0. The van der Waals surface area contributed by atoms with Crippen LogP contribution in [-0.4, -0.2) is 58.7 Å². The van der Waals surface area contributed by atoms with Crippen LogP contribution < -0.4 is 0 Å². The second-order valence-corrected chi connectivity index (χ2v) is 8.42. The third-order valence-electron chi connectivity index (χ3n) is 5.02. The van der Waals surface area contributed by atoms with Gasteiger partial charge in [0.2, 0.25) is 11.7 Å². The van der Waals surface area contributed by atoms with E-state index in [2.05, 4.69) is 20.0 Å². The summed E-state index contributed by atoms with van der Waals surface area (Å²) in [5.74, 6) is 1.57. The van der Waals surface area contributed by atoms with Gasteiger partial charge in [0.15, 0.2) is 5.78 Å². The maximum Gasteiger partial charge on any atom is 0.232 e. The Labute approximate surface area is 159 Å². The highest BCUT2D eigenvalue weighted by atomic mass is 16.5. The van der Waals surface area contributed by atoms with E-state index in [1.807, 2.05) is 33.0 Å². The van der Waals surface area contributed by atoms with Gasteiger partial charge in [-0.15, -0.1) is 0 Å². The minimum absolute atomic E-state index is 0.127. The first-order chi connectivity index (χ1) is 12.9. The van der Waals surface area contributed by atoms with Crippen LogP contribution in [0, 0.1) is 0 Å². The summed E-state index contributed by atoms with van der Waals surface area (Å²) in [7, 11) is 0. The van der Waals surface area contributed by atoms with E-state index in [0.717, 1.165) is 37.1 Å². The van der Waals surface area contributed by atoms with Gasteiger partial charge < -0.3 is 9.26 Å². The molecule has 2 aromatic heterocycles. The van der Waals surface area contributed by atoms with Gasteiger partial charge in [-0.25, -0.2) is 0 Å². The molecule has 4 rings (SSSR count). The Balaban J connectivity index is 1.62. The van der Waals surface area contributed by atoms with Crippen molar-refractivity contribution in [3.63, 3.8) is 0 Å². The second kappa shape index (κ2) is 7.13. The molecule has 0 atom stereocenters. The van der Waals surface area contributed by atoms with E-state index in [1.165, 1.54) is 0 Å². The van der Waals surface area contributed by atoms with Crippen molar-refractivity contribution in [2.75, 3.05) is 32.8 Å². The van der Waals surface area contributed by atoms with E-state index < -0.39 is 0 Å². The molecule has 0 amide bonds. The Kier molecular flexibility index (Phi) is 4.82. The third-order valence-corrected chi connectivity index (χ3v) is 5.02. The second-order valence-electron chi connectivity index (χ2n) is 8.42. The molecule has 0 N–H and O–H groups in total. The number of carbonyl (C=O) groups is 1. The Morgan fingerprint density at radius 1 is 1.26 bits per heavy atom. The molecule has 2 aromatic rings. The summed E-state index contributed by atoms with van der Waals surface area (Å²) in [5.41, 5.74) is 2.16. The van der Waals surface area contributed by atoms with Crippen LogP contribution in [0.5, 0.6) is 0 Å². The SMILES string of the molecule is CC(C)(C)c1nc(-c2cc(C(=O)CN3CCOCC3)c(C3CC3)cn2)no1. The molecule has 1 aliphatic carbocycles. The van der Waals surface area contributed by atoms with Crippen LogP contribution in [0.1, 0.15) is 61.3 Å². The number of Topliss-reactive ketones (excluding diaryl/α,β-unsaturated/α-hetero) is 1. The molecule has 27 heavy (non-hydrogen) atoms. The summed E-state index contributed by atoms with van der Waals surface area (Å²) < 4.78 is 10.8. The predicted molar refractivity (Wildman–Crippen MR) is 99.8 cm³/mol. The van der Waals surface area contributed by atoms with Crippen molar-refractivity contribution in [1.82, 2.24) is 20.0 Å². The molecule has 0 unspecified atom stereocenters. The van der Waals surface area contributed by atoms with Crippen molar-refractivity contribution in [3.05, 3.63) is 29.3 Å². The van der Waals surface area contributed by atoms with Crippen LogP contribution in [0.15, 0.2) is 16.8 Å². The fourth-order valence-electron chi connectivity index (χ4n) is 3.23. The van der Waals surface area contributed by atoms with E-state index in [1.54, 1.807) is 0 Å². The molecule has 0 radical (unpaired) electrons. The molecule has 0 bridgehead atoms. The third kappa shape index (κ3) is 4.09. The number of morpholine rings is 1. The number of carbonyl (C=O) groups excluding carboxylic acids is 1. The van der Waals surface area contributed by atoms with Crippen LogP contribution in [0.4, 0.5) is 0 Å². The molecule has 7 nitrogen and oxygen atoms in total. The van der Waals surface area contributed by atoms with Gasteiger partial charge in [0.1, 0.15) is 5.69 Å². The summed E-state index contributed by atoms with van der Waals surface area (Å²) >= 11 is 0. The lowest BCUT2D eigenvalue weighted by molar-refractivity contribution is 0.0371. The predicted octanol–water partition coefficient (Wildman–Crippen LogP) is 2.82. The largest absolute Gasteiger partial charge is 0.379 e.